The molecule has 0 spiro atoms. The first-order valence-electron chi connectivity index (χ1n) is 11.5. The largest absolute Gasteiger partial charge is 0.387 e. The first kappa shape index (κ1) is 28.7. The highest BCUT2D eigenvalue weighted by atomic mass is 32.1. The van der Waals surface area contributed by atoms with Gasteiger partial charge in [-0.05, 0) is 69.0 Å². The van der Waals surface area contributed by atoms with Crippen molar-refractivity contribution < 1.29 is 4.79 Å². The number of fused-ring (bicyclic) bond motifs is 1. The van der Waals surface area contributed by atoms with Crippen LogP contribution >= 0.6 is 11.3 Å². The topological polar surface area (TPSA) is 41.1 Å². The summed E-state index contributed by atoms with van der Waals surface area (Å²) in [5.41, 5.74) is 5.96. The van der Waals surface area contributed by atoms with E-state index in [1.165, 1.54) is 26.1 Å². The predicted molar refractivity (Wildman–Crippen MR) is 154 cm³/mol. The Hall–Kier alpha value is -3.37. The zero-order valence-electron chi connectivity index (χ0n) is 21.6. The zero-order chi connectivity index (χ0) is 25.7. The van der Waals surface area contributed by atoms with Gasteiger partial charge in [0.1, 0.15) is 0 Å². The van der Waals surface area contributed by atoms with Crippen LogP contribution in [0.25, 0.3) is 10.1 Å². The van der Waals surface area contributed by atoms with Crippen LogP contribution in [0.1, 0.15) is 45.8 Å². The van der Waals surface area contributed by atoms with Crippen LogP contribution in [-0.2, 0) is 0 Å². The Bertz CT molecular complexity index is 1180. The van der Waals surface area contributed by atoms with Crippen LogP contribution in [0, 0.1) is 27.7 Å². The summed E-state index contributed by atoms with van der Waals surface area (Å²) in [5.74, 6) is -0.100. The maximum absolute atomic E-state index is 12.3. The van der Waals surface area contributed by atoms with Gasteiger partial charge in [0.05, 0.1) is 5.56 Å². The molecule has 3 aromatic carbocycles. The number of rotatable bonds is 3. The minimum atomic E-state index is -0.100. The van der Waals surface area contributed by atoms with Crippen molar-refractivity contribution in [1.29, 1.82) is 0 Å². The Morgan fingerprint density at radius 2 is 1.41 bits per heavy atom. The van der Waals surface area contributed by atoms with Gasteiger partial charge in [-0.3, -0.25) is 4.79 Å². The summed E-state index contributed by atoms with van der Waals surface area (Å²) >= 11 is 1.88. The van der Waals surface area contributed by atoms with E-state index in [9.17, 15) is 4.79 Å². The van der Waals surface area contributed by atoms with Crippen LogP contribution in [0.5, 0.6) is 0 Å². The summed E-state index contributed by atoms with van der Waals surface area (Å²) in [4.78, 5) is 13.7. The van der Waals surface area contributed by atoms with E-state index in [1.807, 2.05) is 88.5 Å². The molecule has 0 saturated carbocycles. The highest BCUT2D eigenvalue weighted by molar-refractivity contribution is 7.19. The fourth-order valence-electron chi connectivity index (χ4n) is 3.20. The fraction of sp³-hybridized carbons (Fsp3) is 0.233. The monoisotopic (exact) mass is 474 g/mol. The molecule has 180 valence electrons. The molecule has 4 rings (SSSR count). The number of hydrogen-bond donors (Lipinski definition) is 2. The van der Waals surface area contributed by atoms with Crippen molar-refractivity contribution in [3.63, 3.8) is 0 Å². The minimum absolute atomic E-state index is 0.100. The average Bonchev–Trinajstić information content (AvgIpc) is 3.17. The van der Waals surface area contributed by atoms with E-state index in [-0.39, 0.29) is 5.91 Å². The number of nitrogens with one attached hydrogen (secondary N) is 2. The van der Waals surface area contributed by atoms with Gasteiger partial charge in [-0.25, -0.2) is 0 Å². The van der Waals surface area contributed by atoms with Crippen molar-refractivity contribution in [1.82, 2.24) is 0 Å². The summed E-state index contributed by atoms with van der Waals surface area (Å²) < 4.78 is 1.41. The number of thiophene rings is 1. The van der Waals surface area contributed by atoms with E-state index in [4.69, 9.17) is 0 Å². The molecule has 0 bridgehead atoms. The molecule has 0 unspecified atom stereocenters. The Morgan fingerprint density at radius 3 is 2.00 bits per heavy atom. The molecule has 0 saturated heterocycles. The lowest BCUT2D eigenvalue weighted by atomic mass is 10.1. The predicted octanol–water partition coefficient (Wildman–Crippen LogP) is 8.94. The van der Waals surface area contributed by atoms with Crippen LogP contribution < -0.4 is 10.6 Å². The fourth-order valence-corrected chi connectivity index (χ4v) is 4.27. The molecule has 3 nitrogen and oxygen atoms in total. The van der Waals surface area contributed by atoms with Crippen molar-refractivity contribution in [2.45, 2.75) is 41.5 Å². The number of anilines is 2. The molecule has 1 heterocycles. The molecular formula is C30H38N2OS. The van der Waals surface area contributed by atoms with E-state index in [0.717, 1.165) is 16.9 Å². The quantitative estimate of drug-likeness (QED) is 0.291. The molecule has 34 heavy (non-hydrogen) atoms. The normalized spacial score (nSPS) is 9.38. The maximum atomic E-state index is 12.3. The van der Waals surface area contributed by atoms with E-state index in [2.05, 4.69) is 61.9 Å². The van der Waals surface area contributed by atoms with Gasteiger partial charge < -0.3 is 10.6 Å². The smallest absolute Gasteiger partial charge is 0.257 e. The average molecular weight is 475 g/mol. The van der Waals surface area contributed by atoms with Crippen LogP contribution in [0.2, 0.25) is 0 Å². The summed E-state index contributed by atoms with van der Waals surface area (Å²) in [6.07, 6.45) is 0. The number of amides is 1. The number of hydrogen-bond acceptors (Lipinski definition) is 3. The van der Waals surface area contributed by atoms with Crippen molar-refractivity contribution in [3.05, 3.63) is 107 Å². The number of aryl methyl sites for hydroxylation is 4. The van der Waals surface area contributed by atoms with Gasteiger partial charge in [0.15, 0.2) is 0 Å². The molecule has 1 amide bonds. The summed E-state index contributed by atoms with van der Waals surface area (Å²) in [6.45, 7) is 18.4. The lowest BCUT2D eigenvalue weighted by Gasteiger charge is -2.11. The van der Waals surface area contributed by atoms with Crippen molar-refractivity contribution >= 4 is 38.7 Å². The molecule has 0 aliphatic rings. The molecule has 4 heteroatoms. The second-order valence-corrected chi connectivity index (χ2v) is 8.65. The van der Waals surface area contributed by atoms with Crippen LogP contribution in [0.4, 0.5) is 11.4 Å². The number of carbonyl (C=O) groups is 1. The summed E-state index contributed by atoms with van der Waals surface area (Å²) in [7, 11) is 1.81. The number of benzene rings is 3. The lowest BCUT2D eigenvalue weighted by Crippen LogP contribution is -2.14. The molecule has 4 aromatic rings. The van der Waals surface area contributed by atoms with E-state index < -0.39 is 0 Å². The Morgan fingerprint density at radius 1 is 0.824 bits per heavy atom. The van der Waals surface area contributed by atoms with E-state index in [1.54, 1.807) is 0 Å². The van der Waals surface area contributed by atoms with Crippen LogP contribution in [0.3, 0.4) is 0 Å². The van der Waals surface area contributed by atoms with Crippen molar-refractivity contribution in [2.24, 2.45) is 0 Å². The minimum Gasteiger partial charge on any atom is -0.387 e. The first-order valence-corrected chi connectivity index (χ1v) is 12.3. The molecule has 0 radical (unpaired) electrons. The molecule has 0 fully saturated rings. The molecule has 0 aliphatic carbocycles. The third-order valence-corrected chi connectivity index (χ3v) is 6.27. The van der Waals surface area contributed by atoms with Gasteiger partial charge in [0.25, 0.3) is 5.91 Å². The Kier molecular flexibility index (Phi) is 12.4. The second kappa shape index (κ2) is 14.7. The van der Waals surface area contributed by atoms with Gasteiger partial charge in [0.2, 0.25) is 0 Å². The third kappa shape index (κ3) is 7.89. The number of carbonyl (C=O) groups excluding carboxylic acids is 1. The van der Waals surface area contributed by atoms with Crippen LogP contribution in [-0.4, -0.2) is 13.0 Å². The Balaban J connectivity index is 0.000000326. The van der Waals surface area contributed by atoms with Gasteiger partial charge in [-0.2, -0.15) is 0 Å². The standard InChI is InChI=1S/C16H18N2O.C10H10S.C2H6.C2H4/c1-11-4-7-13(8-5-11)18-16(19)14-10-12(2)6-9-15(14)17-3;1-7-8(2)11-10-6-4-3-5-9(7)10;2*1-2/h4-10,17H,1-3H3,(H,18,19);3-6H,1-2H3;1-2H3;1-2H2. The SMILES string of the molecule is C=C.CC.CNc1ccc(C)cc1C(=O)Nc1ccc(C)cc1.Cc1sc2ccccc2c1C. The van der Waals surface area contributed by atoms with E-state index in [0.29, 0.717) is 5.56 Å². The Labute approximate surface area is 209 Å². The molecule has 0 atom stereocenters. The highest BCUT2D eigenvalue weighted by Crippen LogP contribution is 2.29. The summed E-state index contributed by atoms with van der Waals surface area (Å²) in [6, 6.07) is 22.1. The molecule has 0 aliphatic heterocycles. The lowest BCUT2D eigenvalue weighted by molar-refractivity contribution is 0.102. The van der Waals surface area contributed by atoms with Crippen LogP contribution in [0.15, 0.2) is 79.9 Å². The van der Waals surface area contributed by atoms with Gasteiger partial charge in [-0.1, -0.05) is 61.4 Å². The molecule has 1 aromatic heterocycles. The summed E-state index contributed by atoms with van der Waals surface area (Å²) in [5, 5.41) is 7.36. The van der Waals surface area contributed by atoms with Gasteiger partial charge in [0, 0.05) is 28.0 Å². The third-order valence-electron chi connectivity index (χ3n) is 5.08. The highest BCUT2D eigenvalue weighted by Gasteiger charge is 2.11. The van der Waals surface area contributed by atoms with Gasteiger partial charge in [-0.15, -0.1) is 24.5 Å². The first-order chi connectivity index (χ1) is 16.4. The van der Waals surface area contributed by atoms with Crippen molar-refractivity contribution in [2.75, 3.05) is 17.7 Å². The van der Waals surface area contributed by atoms with Gasteiger partial charge >= 0.3 is 0 Å². The zero-order valence-corrected chi connectivity index (χ0v) is 22.4. The van der Waals surface area contributed by atoms with E-state index >= 15 is 0 Å². The second-order valence-electron chi connectivity index (χ2n) is 7.40. The molecule has 2 N–H and O–H groups in total. The maximum Gasteiger partial charge on any atom is 0.257 e. The molecular weight excluding hydrogens is 436 g/mol. The van der Waals surface area contributed by atoms with Crippen molar-refractivity contribution in [3.8, 4) is 0 Å².